The fourth-order valence-electron chi connectivity index (χ4n) is 2.63. The van der Waals surface area contributed by atoms with E-state index in [-0.39, 0.29) is 6.10 Å². The Balaban J connectivity index is 1.78. The molecule has 15 heavy (non-hydrogen) atoms. The molecule has 1 saturated heterocycles. The number of aliphatic hydroxyl groups is 1. The third kappa shape index (κ3) is 3.16. The first kappa shape index (κ1) is 11.4. The highest BCUT2D eigenvalue weighted by molar-refractivity contribution is 4.87. The molecule has 3 nitrogen and oxygen atoms in total. The normalized spacial score (nSPS) is 30.0. The lowest BCUT2D eigenvalue weighted by molar-refractivity contribution is 0.0829. The van der Waals surface area contributed by atoms with Crippen molar-refractivity contribution in [1.82, 2.24) is 9.80 Å². The van der Waals surface area contributed by atoms with Crippen LogP contribution in [0.3, 0.4) is 0 Å². The first-order chi connectivity index (χ1) is 7.16. The maximum Gasteiger partial charge on any atom is 0.0695 e. The Bertz CT molecular complexity index is 204. The molecule has 0 aromatic carbocycles. The van der Waals surface area contributed by atoms with Gasteiger partial charge in [0.1, 0.15) is 0 Å². The number of β-amino-alcohol motifs (C(OH)–C–C–N with tert-alkyl or cyclic N) is 1. The van der Waals surface area contributed by atoms with Gasteiger partial charge in [0.15, 0.2) is 0 Å². The van der Waals surface area contributed by atoms with Gasteiger partial charge in [-0.3, -0.25) is 4.90 Å². The van der Waals surface area contributed by atoms with Crippen molar-refractivity contribution in [2.24, 2.45) is 5.92 Å². The van der Waals surface area contributed by atoms with Crippen molar-refractivity contribution in [3.8, 4) is 0 Å². The summed E-state index contributed by atoms with van der Waals surface area (Å²) in [7, 11) is 4.27. The SMILES string of the molecule is CN(C)CC1CCCN1CC(O)C1CC1. The van der Waals surface area contributed by atoms with Crippen molar-refractivity contribution in [2.75, 3.05) is 33.7 Å². The summed E-state index contributed by atoms with van der Waals surface area (Å²) in [6.45, 7) is 3.23. The van der Waals surface area contributed by atoms with Crippen LogP contribution in [0, 0.1) is 5.92 Å². The van der Waals surface area contributed by atoms with Crippen molar-refractivity contribution in [3.05, 3.63) is 0 Å². The van der Waals surface area contributed by atoms with Crippen molar-refractivity contribution in [3.63, 3.8) is 0 Å². The van der Waals surface area contributed by atoms with E-state index in [0.29, 0.717) is 12.0 Å². The van der Waals surface area contributed by atoms with E-state index in [1.165, 1.54) is 32.2 Å². The Hall–Kier alpha value is -0.120. The van der Waals surface area contributed by atoms with Crippen LogP contribution in [0.25, 0.3) is 0 Å². The number of likely N-dealkylation sites (tertiary alicyclic amines) is 1. The summed E-state index contributed by atoms with van der Waals surface area (Å²) in [6.07, 6.45) is 5.03. The van der Waals surface area contributed by atoms with Gasteiger partial charge in [-0.2, -0.15) is 0 Å². The smallest absolute Gasteiger partial charge is 0.0695 e. The lowest BCUT2D eigenvalue weighted by Crippen LogP contribution is -2.41. The summed E-state index contributed by atoms with van der Waals surface area (Å²) in [5.41, 5.74) is 0. The lowest BCUT2D eigenvalue weighted by atomic mass is 10.2. The zero-order valence-electron chi connectivity index (χ0n) is 10.0. The maximum atomic E-state index is 9.95. The summed E-state index contributed by atoms with van der Waals surface area (Å²) in [4.78, 5) is 4.75. The van der Waals surface area contributed by atoms with Crippen molar-refractivity contribution in [1.29, 1.82) is 0 Å². The van der Waals surface area contributed by atoms with Gasteiger partial charge in [-0.05, 0) is 52.2 Å². The highest BCUT2D eigenvalue weighted by Gasteiger charge is 2.33. The predicted molar refractivity (Wildman–Crippen MR) is 61.9 cm³/mol. The first-order valence-corrected chi connectivity index (χ1v) is 6.23. The molecule has 2 atom stereocenters. The van der Waals surface area contributed by atoms with Gasteiger partial charge >= 0.3 is 0 Å². The van der Waals surface area contributed by atoms with E-state index in [1.807, 2.05) is 0 Å². The van der Waals surface area contributed by atoms with E-state index in [1.54, 1.807) is 0 Å². The van der Waals surface area contributed by atoms with E-state index in [9.17, 15) is 5.11 Å². The van der Waals surface area contributed by atoms with Crippen molar-refractivity contribution >= 4 is 0 Å². The summed E-state index contributed by atoms with van der Waals surface area (Å²) in [6, 6.07) is 0.674. The average Bonchev–Trinajstić information content (AvgIpc) is 2.92. The first-order valence-electron chi connectivity index (χ1n) is 6.23. The Morgan fingerprint density at radius 3 is 2.67 bits per heavy atom. The Morgan fingerprint density at radius 2 is 2.07 bits per heavy atom. The third-order valence-corrected chi connectivity index (χ3v) is 3.66. The van der Waals surface area contributed by atoms with Crippen LogP contribution in [0.4, 0.5) is 0 Å². The standard InChI is InChI=1S/C12H24N2O/c1-13(2)8-11-4-3-7-14(11)9-12(15)10-5-6-10/h10-12,15H,3-9H2,1-2H3. The molecule has 1 aliphatic heterocycles. The zero-order chi connectivity index (χ0) is 10.8. The van der Waals surface area contributed by atoms with Crippen LogP contribution in [-0.4, -0.2) is 60.8 Å². The molecule has 0 bridgehead atoms. The molecule has 1 heterocycles. The molecule has 1 N–H and O–H groups in total. The van der Waals surface area contributed by atoms with Crippen LogP contribution < -0.4 is 0 Å². The Labute approximate surface area is 93.1 Å². The predicted octanol–water partition coefficient (Wildman–Crippen LogP) is 0.783. The molecular weight excluding hydrogens is 188 g/mol. The molecular formula is C12H24N2O. The van der Waals surface area contributed by atoms with Crippen LogP contribution in [0.5, 0.6) is 0 Å². The third-order valence-electron chi connectivity index (χ3n) is 3.66. The summed E-state index contributed by atoms with van der Waals surface area (Å²) < 4.78 is 0. The van der Waals surface area contributed by atoms with Gasteiger partial charge in [-0.25, -0.2) is 0 Å². The maximum absolute atomic E-state index is 9.95. The molecule has 2 fully saturated rings. The summed E-state index contributed by atoms with van der Waals surface area (Å²) in [5, 5.41) is 9.95. The highest BCUT2D eigenvalue weighted by atomic mass is 16.3. The molecule has 0 radical (unpaired) electrons. The zero-order valence-corrected chi connectivity index (χ0v) is 10.0. The number of rotatable bonds is 5. The van der Waals surface area contributed by atoms with Crippen LogP contribution in [-0.2, 0) is 0 Å². The lowest BCUT2D eigenvalue weighted by Gasteiger charge is -2.28. The Kier molecular flexibility index (Phi) is 3.65. The fourth-order valence-corrected chi connectivity index (χ4v) is 2.63. The largest absolute Gasteiger partial charge is 0.392 e. The second kappa shape index (κ2) is 4.81. The molecule has 0 amide bonds. The van der Waals surface area contributed by atoms with E-state index in [2.05, 4.69) is 23.9 Å². The monoisotopic (exact) mass is 212 g/mol. The van der Waals surface area contributed by atoms with Gasteiger partial charge in [0.05, 0.1) is 6.10 Å². The minimum Gasteiger partial charge on any atom is -0.392 e. The number of aliphatic hydroxyl groups excluding tert-OH is 1. The van der Waals surface area contributed by atoms with Crippen molar-refractivity contribution in [2.45, 2.75) is 37.8 Å². The van der Waals surface area contributed by atoms with Crippen LogP contribution in [0.2, 0.25) is 0 Å². The van der Waals surface area contributed by atoms with E-state index >= 15 is 0 Å². The molecule has 2 aliphatic rings. The number of hydrogen-bond acceptors (Lipinski definition) is 3. The number of nitrogens with zero attached hydrogens (tertiary/aromatic N) is 2. The topological polar surface area (TPSA) is 26.7 Å². The second-order valence-corrected chi connectivity index (χ2v) is 5.46. The van der Waals surface area contributed by atoms with E-state index in [0.717, 1.165) is 13.1 Å². The fraction of sp³-hybridized carbons (Fsp3) is 1.00. The van der Waals surface area contributed by atoms with Gasteiger partial charge in [0.25, 0.3) is 0 Å². The molecule has 0 spiro atoms. The number of hydrogen-bond donors (Lipinski definition) is 1. The summed E-state index contributed by atoms with van der Waals surface area (Å²) >= 11 is 0. The van der Waals surface area contributed by atoms with Crippen molar-refractivity contribution < 1.29 is 5.11 Å². The molecule has 0 aromatic rings. The van der Waals surface area contributed by atoms with Gasteiger partial charge < -0.3 is 10.0 Å². The minimum absolute atomic E-state index is 0.0623. The molecule has 1 saturated carbocycles. The average molecular weight is 212 g/mol. The van der Waals surface area contributed by atoms with Crippen LogP contribution in [0.15, 0.2) is 0 Å². The molecule has 88 valence electrons. The highest BCUT2D eigenvalue weighted by Crippen LogP contribution is 2.33. The van der Waals surface area contributed by atoms with Gasteiger partial charge in [-0.1, -0.05) is 0 Å². The van der Waals surface area contributed by atoms with Gasteiger partial charge in [0.2, 0.25) is 0 Å². The van der Waals surface area contributed by atoms with E-state index < -0.39 is 0 Å². The minimum atomic E-state index is -0.0623. The van der Waals surface area contributed by atoms with Gasteiger partial charge in [0, 0.05) is 19.1 Å². The summed E-state index contributed by atoms with van der Waals surface area (Å²) in [5.74, 6) is 0.616. The van der Waals surface area contributed by atoms with Gasteiger partial charge in [-0.15, -0.1) is 0 Å². The quantitative estimate of drug-likeness (QED) is 0.729. The van der Waals surface area contributed by atoms with E-state index in [4.69, 9.17) is 0 Å². The molecule has 0 aromatic heterocycles. The Morgan fingerprint density at radius 1 is 1.33 bits per heavy atom. The molecule has 2 unspecified atom stereocenters. The second-order valence-electron chi connectivity index (χ2n) is 5.46. The number of likely N-dealkylation sites (N-methyl/N-ethyl adjacent to an activating group) is 1. The molecule has 3 heteroatoms. The molecule has 1 aliphatic carbocycles. The molecule has 2 rings (SSSR count). The van der Waals surface area contributed by atoms with Crippen LogP contribution >= 0.6 is 0 Å². The van der Waals surface area contributed by atoms with Crippen LogP contribution in [0.1, 0.15) is 25.7 Å².